The van der Waals surface area contributed by atoms with E-state index in [-0.39, 0.29) is 24.0 Å². The molecular formula is C22H31IN4. The topological polar surface area (TPSA) is 39.7 Å². The Morgan fingerprint density at radius 1 is 1.04 bits per heavy atom. The molecule has 4 nitrogen and oxygen atoms in total. The Morgan fingerprint density at radius 3 is 2.52 bits per heavy atom. The summed E-state index contributed by atoms with van der Waals surface area (Å²) >= 11 is 0. The maximum Gasteiger partial charge on any atom is 0.191 e. The summed E-state index contributed by atoms with van der Waals surface area (Å²) in [4.78, 5) is 7.08. The fraction of sp³-hybridized carbons (Fsp3) is 0.500. The first-order valence-corrected chi connectivity index (χ1v) is 10.0. The lowest BCUT2D eigenvalue weighted by Crippen LogP contribution is -2.49. The maximum absolute atomic E-state index is 4.42. The van der Waals surface area contributed by atoms with Gasteiger partial charge in [-0.1, -0.05) is 42.5 Å². The van der Waals surface area contributed by atoms with Crippen LogP contribution in [0.15, 0.2) is 47.5 Å². The highest BCUT2D eigenvalue weighted by atomic mass is 127. The number of likely N-dealkylation sites (tertiary alicyclic amines) is 1. The van der Waals surface area contributed by atoms with E-state index in [1.54, 1.807) is 0 Å². The van der Waals surface area contributed by atoms with Crippen LogP contribution in [-0.2, 0) is 6.42 Å². The average Bonchev–Trinajstić information content (AvgIpc) is 3.53. The second kappa shape index (κ2) is 9.73. The van der Waals surface area contributed by atoms with Crippen LogP contribution >= 0.6 is 24.0 Å². The zero-order valence-corrected chi connectivity index (χ0v) is 18.5. The Hall–Kier alpha value is -1.34. The minimum Gasteiger partial charge on any atom is -0.356 e. The summed E-state index contributed by atoms with van der Waals surface area (Å²) in [5.74, 6) is 0.940. The van der Waals surface area contributed by atoms with E-state index < -0.39 is 0 Å². The van der Waals surface area contributed by atoms with Crippen LogP contribution < -0.4 is 10.6 Å². The van der Waals surface area contributed by atoms with Crippen molar-refractivity contribution in [2.45, 2.75) is 44.2 Å². The second-order valence-electron chi connectivity index (χ2n) is 7.57. The molecule has 0 aromatic heterocycles. The van der Waals surface area contributed by atoms with Gasteiger partial charge >= 0.3 is 0 Å². The van der Waals surface area contributed by atoms with Crippen LogP contribution in [0.25, 0.3) is 10.8 Å². The van der Waals surface area contributed by atoms with Crippen molar-refractivity contribution in [1.82, 2.24) is 15.5 Å². The van der Waals surface area contributed by atoms with Gasteiger partial charge in [-0.3, -0.25) is 4.99 Å². The molecule has 0 amide bonds. The molecular weight excluding hydrogens is 447 g/mol. The quantitative estimate of drug-likeness (QED) is 0.390. The second-order valence-corrected chi connectivity index (χ2v) is 7.57. The molecule has 4 rings (SSSR count). The molecule has 27 heavy (non-hydrogen) atoms. The van der Waals surface area contributed by atoms with Crippen molar-refractivity contribution in [2.24, 2.45) is 4.99 Å². The minimum absolute atomic E-state index is 0. The summed E-state index contributed by atoms with van der Waals surface area (Å²) in [6, 6.07) is 16.6. The molecule has 146 valence electrons. The Kier molecular flexibility index (Phi) is 7.35. The van der Waals surface area contributed by atoms with Crippen molar-refractivity contribution in [2.75, 3.05) is 26.7 Å². The molecule has 2 aromatic rings. The van der Waals surface area contributed by atoms with Crippen LogP contribution in [-0.4, -0.2) is 49.6 Å². The molecule has 0 radical (unpaired) electrons. The number of nitrogens with zero attached hydrogens (tertiary/aromatic N) is 2. The van der Waals surface area contributed by atoms with Crippen LogP contribution in [0.4, 0.5) is 0 Å². The highest BCUT2D eigenvalue weighted by Gasteiger charge is 2.31. The van der Waals surface area contributed by atoms with Crippen molar-refractivity contribution in [3.05, 3.63) is 48.0 Å². The number of guanidine groups is 1. The Labute approximate surface area is 179 Å². The van der Waals surface area contributed by atoms with Gasteiger partial charge in [0, 0.05) is 38.8 Å². The lowest BCUT2D eigenvalue weighted by Gasteiger charge is -2.33. The van der Waals surface area contributed by atoms with Crippen LogP contribution in [0.5, 0.6) is 0 Å². The van der Waals surface area contributed by atoms with Crippen molar-refractivity contribution in [3.63, 3.8) is 0 Å². The van der Waals surface area contributed by atoms with Crippen LogP contribution in [0.2, 0.25) is 0 Å². The summed E-state index contributed by atoms with van der Waals surface area (Å²) in [6.07, 6.45) is 6.27. The van der Waals surface area contributed by atoms with Gasteiger partial charge in [-0.2, -0.15) is 0 Å². The smallest absolute Gasteiger partial charge is 0.191 e. The lowest BCUT2D eigenvalue weighted by atomic mass is 10.0. The van der Waals surface area contributed by atoms with E-state index in [0.717, 1.165) is 25.0 Å². The number of hydrogen-bond donors (Lipinski definition) is 2. The van der Waals surface area contributed by atoms with Gasteiger partial charge in [0.1, 0.15) is 0 Å². The van der Waals surface area contributed by atoms with Gasteiger partial charge in [0.05, 0.1) is 0 Å². The third kappa shape index (κ3) is 5.35. The number of hydrogen-bond acceptors (Lipinski definition) is 2. The van der Waals surface area contributed by atoms with Crippen molar-refractivity contribution in [3.8, 4) is 0 Å². The van der Waals surface area contributed by atoms with Gasteiger partial charge in [0.25, 0.3) is 0 Å². The molecule has 1 aliphatic carbocycles. The molecule has 0 unspecified atom stereocenters. The number of fused-ring (bicyclic) bond motifs is 1. The van der Waals surface area contributed by atoms with Gasteiger partial charge < -0.3 is 15.5 Å². The molecule has 5 heteroatoms. The van der Waals surface area contributed by atoms with Gasteiger partial charge in [-0.15, -0.1) is 24.0 Å². The molecule has 1 heterocycles. The van der Waals surface area contributed by atoms with Gasteiger partial charge in [0.2, 0.25) is 0 Å². The standard InChI is InChI=1S/C22H30N4.HI/c1-23-22(25-19-12-15-26(16-13-19)20-9-10-20)24-14-11-18-7-4-6-17-5-2-3-8-21(17)18;/h2-8,19-20H,9-16H2,1H3,(H2,23,24,25);1H. The van der Waals surface area contributed by atoms with E-state index in [4.69, 9.17) is 0 Å². The number of aliphatic imine (C=N–C) groups is 1. The summed E-state index contributed by atoms with van der Waals surface area (Å²) in [6.45, 7) is 3.36. The van der Waals surface area contributed by atoms with Crippen molar-refractivity contribution < 1.29 is 0 Å². The first-order chi connectivity index (χ1) is 12.8. The maximum atomic E-state index is 4.42. The molecule has 0 atom stereocenters. The first-order valence-electron chi connectivity index (χ1n) is 10.0. The normalized spacial score (nSPS) is 18.9. The van der Waals surface area contributed by atoms with Crippen molar-refractivity contribution in [1.29, 1.82) is 0 Å². The third-order valence-electron chi connectivity index (χ3n) is 5.72. The molecule has 2 aliphatic rings. The monoisotopic (exact) mass is 478 g/mol. The van der Waals surface area contributed by atoms with Gasteiger partial charge in [-0.05, 0) is 48.4 Å². The van der Waals surface area contributed by atoms with Crippen LogP contribution in [0.1, 0.15) is 31.2 Å². The number of benzene rings is 2. The molecule has 2 N–H and O–H groups in total. The lowest BCUT2D eigenvalue weighted by molar-refractivity contribution is 0.197. The van der Waals surface area contributed by atoms with Gasteiger partial charge in [0.15, 0.2) is 5.96 Å². The highest BCUT2D eigenvalue weighted by Crippen LogP contribution is 2.29. The fourth-order valence-corrected chi connectivity index (χ4v) is 4.06. The van der Waals surface area contributed by atoms with Gasteiger partial charge in [-0.25, -0.2) is 0 Å². The van der Waals surface area contributed by atoms with E-state index in [9.17, 15) is 0 Å². The third-order valence-corrected chi connectivity index (χ3v) is 5.72. The zero-order chi connectivity index (χ0) is 17.8. The van der Waals surface area contributed by atoms with Crippen molar-refractivity contribution >= 4 is 40.7 Å². The summed E-state index contributed by atoms with van der Waals surface area (Å²) < 4.78 is 0. The zero-order valence-electron chi connectivity index (χ0n) is 16.2. The Morgan fingerprint density at radius 2 is 1.78 bits per heavy atom. The predicted octanol–water partition coefficient (Wildman–Crippen LogP) is 3.79. The molecule has 1 aliphatic heterocycles. The number of halogens is 1. The molecule has 1 saturated carbocycles. The van der Waals surface area contributed by atoms with E-state index in [2.05, 4.69) is 63.0 Å². The van der Waals surface area contributed by atoms with Crippen LogP contribution in [0, 0.1) is 0 Å². The number of piperidine rings is 1. The first kappa shape index (κ1) is 20.4. The SMILES string of the molecule is CN=C(NCCc1cccc2ccccc12)NC1CCN(C2CC2)CC1.I. The summed E-state index contributed by atoms with van der Waals surface area (Å²) in [5, 5.41) is 9.79. The number of nitrogens with one attached hydrogen (secondary N) is 2. The minimum atomic E-state index is 0. The molecule has 1 saturated heterocycles. The molecule has 0 bridgehead atoms. The Bertz CT molecular complexity index is 759. The highest BCUT2D eigenvalue weighted by molar-refractivity contribution is 14.0. The van der Waals surface area contributed by atoms with E-state index in [1.807, 2.05) is 7.05 Å². The average molecular weight is 478 g/mol. The molecule has 2 fully saturated rings. The van der Waals surface area contributed by atoms with Crippen LogP contribution in [0.3, 0.4) is 0 Å². The molecule has 0 spiro atoms. The Balaban J connectivity index is 0.00000210. The fourth-order valence-electron chi connectivity index (χ4n) is 4.06. The summed E-state index contributed by atoms with van der Waals surface area (Å²) in [5.41, 5.74) is 1.39. The predicted molar refractivity (Wildman–Crippen MR) is 125 cm³/mol. The van der Waals surface area contributed by atoms with E-state index in [0.29, 0.717) is 6.04 Å². The summed E-state index contributed by atoms with van der Waals surface area (Å²) in [7, 11) is 1.87. The van der Waals surface area contributed by atoms with E-state index >= 15 is 0 Å². The largest absolute Gasteiger partial charge is 0.356 e. The van der Waals surface area contributed by atoms with E-state index in [1.165, 1.54) is 55.1 Å². The molecule has 2 aromatic carbocycles. The number of rotatable bonds is 5.